The smallest absolute Gasteiger partial charge is 0.228 e. The first-order chi connectivity index (χ1) is 12.7. The molecule has 136 valence electrons. The van der Waals surface area contributed by atoms with Crippen molar-refractivity contribution in [3.8, 4) is 5.75 Å². The summed E-state index contributed by atoms with van der Waals surface area (Å²) in [6, 6.07) is 10.3. The van der Waals surface area contributed by atoms with E-state index in [1.165, 1.54) is 11.3 Å². The van der Waals surface area contributed by atoms with E-state index in [4.69, 9.17) is 9.47 Å². The van der Waals surface area contributed by atoms with Crippen LogP contribution in [0.5, 0.6) is 5.75 Å². The third-order valence-electron chi connectivity index (χ3n) is 3.76. The topological polar surface area (TPSA) is 60.5 Å². The number of fused-ring (bicyclic) bond motifs is 1. The largest absolute Gasteiger partial charge is 0.490 e. The number of halogens is 1. The fourth-order valence-electron chi connectivity index (χ4n) is 2.50. The van der Waals surface area contributed by atoms with Crippen molar-refractivity contribution in [2.75, 3.05) is 25.6 Å². The first-order valence-corrected chi connectivity index (χ1v) is 9.07. The molecule has 26 heavy (non-hydrogen) atoms. The molecule has 0 saturated carbocycles. The minimum absolute atomic E-state index is 0.0676. The highest BCUT2D eigenvalue weighted by molar-refractivity contribution is 7.16. The maximum Gasteiger partial charge on any atom is 0.228 e. The highest BCUT2D eigenvalue weighted by atomic mass is 32.1. The zero-order valence-corrected chi connectivity index (χ0v) is 15.1. The van der Waals surface area contributed by atoms with Crippen molar-refractivity contribution < 1.29 is 18.7 Å². The van der Waals surface area contributed by atoms with E-state index in [9.17, 15) is 9.18 Å². The number of carbonyl (C=O) groups is 1. The summed E-state index contributed by atoms with van der Waals surface area (Å²) in [5.41, 5.74) is 3.60. The van der Waals surface area contributed by atoms with Crippen LogP contribution in [-0.4, -0.2) is 31.2 Å². The Bertz CT molecular complexity index is 897. The van der Waals surface area contributed by atoms with Crippen molar-refractivity contribution in [2.24, 2.45) is 0 Å². The van der Waals surface area contributed by atoms with E-state index in [2.05, 4.69) is 10.3 Å². The summed E-state index contributed by atoms with van der Waals surface area (Å²) >= 11 is 1.50. The fourth-order valence-corrected chi connectivity index (χ4v) is 3.22. The second-order valence-corrected chi connectivity index (χ2v) is 6.57. The Morgan fingerprint density at radius 3 is 3.00 bits per heavy atom. The van der Waals surface area contributed by atoms with Crippen LogP contribution in [0, 0.1) is 5.82 Å². The van der Waals surface area contributed by atoms with Crippen molar-refractivity contribution in [3.05, 3.63) is 53.3 Å². The average Bonchev–Trinajstić information content (AvgIpc) is 3.09. The molecule has 0 atom stereocenters. The molecule has 0 radical (unpaired) electrons. The van der Waals surface area contributed by atoms with Crippen LogP contribution in [0.1, 0.15) is 12.0 Å². The van der Waals surface area contributed by atoms with Gasteiger partial charge in [0.15, 0.2) is 11.6 Å². The summed E-state index contributed by atoms with van der Waals surface area (Å²) in [6.07, 6.45) is 0.600. The molecule has 0 aliphatic rings. The predicted molar refractivity (Wildman–Crippen MR) is 100 cm³/mol. The Morgan fingerprint density at radius 1 is 1.27 bits per heavy atom. The molecule has 1 aromatic heterocycles. The van der Waals surface area contributed by atoms with Crippen LogP contribution < -0.4 is 10.1 Å². The number of hydrogen-bond donors (Lipinski definition) is 1. The number of hydrogen-bond acceptors (Lipinski definition) is 5. The van der Waals surface area contributed by atoms with E-state index in [-0.39, 0.29) is 18.1 Å². The third-order valence-corrected chi connectivity index (χ3v) is 4.55. The molecule has 0 saturated heterocycles. The Balaban J connectivity index is 1.63. The molecule has 0 fully saturated rings. The lowest BCUT2D eigenvalue weighted by molar-refractivity contribution is -0.115. The number of aromatic nitrogens is 1. The monoisotopic (exact) mass is 374 g/mol. The van der Waals surface area contributed by atoms with Gasteiger partial charge in [-0.2, -0.15) is 0 Å². The molecule has 3 aromatic rings. The van der Waals surface area contributed by atoms with Gasteiger partial charge in [-0.3, -0.25) is 4.79 Å². The van der Waals surface area contributed by atoms with Gasteiger partial charge in [-0.05, 0) is 24.3 Å². The van der Waals surface area contributed by atoms with Crippen molar-refractivity contribution in [3.63, 3.8) is 0 Å². The lowest BCUT2D eigenvalue weighted by Crippen LogP contribution is -2.15. The second-order valence-electron chi connectivity index (χ2n) is 5.68. The Hall–Kier alpha value is -2.51. The summed E-state index contributed by atoms with van der Waals surface area (Å²) in [5, 5.41) is 2.79. The second kappa shape index (κ2) is 8.73. The molecule has 2 aromatic carbocycles. The van der Waals surface area contributed by atoms with Gasteiger partial charge in [0.1, 0.15) is 0 Å². The Kier molecular flexibility index (Phi) is 6.14. The minimum Gasteiger partial charge on any atom is -0.490 e. The molecule has 1 heterocycles. The zero-order valence-electron chi connectivity index (χ0n) is 14.3. The normalized spacial score (nSPS) is 10.8. The van der Waals surface area contributed by atoms with Crippen molar-refractivity contribution in [1.29, 1.82) is 0 Å². The number of methoxy groups -OCH3 is 1. The van der Waals surface area contributed by atoms with Gasteiger partial charge in [0.2, 0.25) is 5.91 Å². The van der Waals surface area contributed by atoms with Gasteiger partial charge in [0.05, 0.1) is 28.8 Å². The SMILES string of the molecule is COCCCOc1cccc(CC(=O)Nc2ccc3ncsc3c2)c1F. The van der Waals surface area contributed by atoms with Crippen LogP contribution in [0.4, 0.5) is 10.1 Å². The Labute approximate surface area is 154 Å². The van der Waals surface area contributed by atoms with Gasteiger partial charge in [0.25, 0.3) is 0 Å². The highest BCUT2D eigenvalue weighted by Gasteiger charge is 2.13. The number of thiazole rings is 1. The highest BCUT2D eigenvalue weighted by Crippen LogP contribution is 2.23. The lowest BCUT2D eigenvalue weighted by Gasteiger charge is -2.10. The molecule has 0 spiro atoms. The summed E-state index contributed by atoms with van der Waals surface area (Å²) in [7, 11) is 1.60. The van der Waals surface area contributed by atoms with Crippen LogP contribution in [0.25, 0.3) is 10.2 Å². The predicted octanol–water partition coefficient (Wildman–Crippen LogP) is 4.03. The fraction of sp³-hybridized carbons (Fsp3) is 0.263. The molecule has 0 bridgehead atoms. The van der Waals surface area contributed by atoms with Crippen molar-refractivity contribution in [2.45, 2.75) is 12.8 Å². The molecule has 1 amide bonds. The van der Waals surface area contributed by atoms with Gasteiger partial charge in [-0.15, -0.1) is 11.3 Å². The van der Waals surface area contributed by atoms with E-state index < -0.39 is 5.82 Å². The molecular weight excluding hydrogens is 355 g/mol. The molecule has 0 aliphatic carbocycles. The molecule has 1 N–H and O–H groups in total. The summed E-state index contributed by atoms with van der Waals surface area (Å²) in [4.78, 5) is 16.5. The maximum absolute atomic E-state index is 14.5. The summed E-state index contributed by atoms with van der Waals surface area (Å²) in [5.74, 6) is -0.639. The van der Waals surface area contributed by atoms with Gasteiger partial charge in [0, 0.05) is 31.4 Å². The molecule has 5 nitrogen and oxygen atoms in total. The number of carbonyl (C=O) groups excluding carboxylic acids is 1. The van der Waals surface area contributed by atoms with Gasteiger partial charge >= 0.3 is 0 Å². The van der Waals surface area contributed by atoms with E-state index in [0.29, 0.717) is 30.9 Å². The van der Waals surface area contributed by atoms with Crippen LogP contribution in [-0.2, 0) is 16.0 Å². The third kappa shape index (κ3) is 4.56. The zero-order chi connectivity index (χ0) is 18.4. The van der Waals surface area contributed by atoms with Gasteiger partial charge in [-0.1, -0.05) is 12.1 Å². The number of amides is 1. The Morgan fingerprint density at radius 2 is 2.15 bits per heavy atom. The average molecular weight is 374 g/mol. The molecule has 7 heteroatoms. The minimum atomic E-state index is -0.502. The number of ether oxygens (including phenoxy) is 2. The summed E-state index contributed by atoms with van der Waals surface area (Å²) in [6.45, 7) is 0.906. The molecular formula is C19H19FN2O3S. The van der Waals surface area contributed by atoms with Gasteiger partial charge in [-0.25, -0.2) is 9.37 Å². The van der Waals surface area contributed by atoms with Gasteiger partial charge < -0.3 is 14.8 Å². The van der Waals surface area contributed by atoms with E-state index >= 15 is 0 Å². The van der Waals surface area contributed by atoms with Crippen LogP contribution >= 0.6 is 11.3 Å². The van der Waals surface area contributed by atoms with E-state index in [1.54, 1.807) is 36.9 Å². The molecule has 0 aliphatic heterocycles. The molecule has 0 unspecified atom stereocenters. The lowest BCUT2D eigenvalue weighted by atomic mass is 10.1. The standard InChI is InChI=1S/C19H19FN2O3S/c1-24-8-3-9-25-16-5-2-4-13(19(16)20)10-18(23)22-14-6-7-15-17(11-14)26-12-21-15/h2,4-7,11-12H,3,8-10H2,1H3,(H,22,23). The number of rotatable bonds is 8. The van der Waals surface area contributed by atoms with E-state index in [0.717, 1.165) is 10.2 Å². The summed E-state index contributed by atoms with van der Waals surface area (Å²) < 4.78 is 25.9. The first kappa shape index (κ1) is 18.3. The first-order valence-electron chi connectivity index (χ1n) is 8.19. The van der Waals surface area contributed by atoms with Crippen LogP contribution in [0.3, 0.4) is 0 Å². The number of nitrogens with zero attached hydrogens (tertiary/aromatic N) is 1. The number of anilines is 1. The van der Waals surface area contributed by atoms with E-state index in [1.807, 2.05) is 12.1 Å². The van der Waals surface area contributed by atoms with Crippen LogP contribution in [0.15, 0.2) is 41.9 Å². The van der Waals surface area contributed by atoms with Crippen molar-refractivity contribution >= 4 is 33.1 Å². The van der Waals surface area contributed by atoms with Crippen LogP contribution in [0.2, 0.25) is 0 Å². The maximum atomic E-state index is 14.5. The molecule has 3 rings (SSSR count). The quantitative estimate of drug-likeness (QED) is 0.605. The van der Waals surface area contributed by atoms with Crippen molar-refractivity contribution in [1.82, 2.24) is 4.98 Å². The number of benzene rings is 2. The number of nitrogens with one attached hydrogen (secondary N) is 1.